The number of aromatic nitrogens is 1. The lowest BCUT2D eigenvalue weighted by molar-refractivity contribution is 0.129. The van der Waals surface area contributed by atoms with Crippen molar-refractivity contribution in [2.75, 3.05) is 5.73 Å². The van der Waals surface area contributed by atoms with Crippen LogP contribution in [-0.4, -0.2) is 11.1 Å². The van der Waals surface area contributed by atoms with E-state index < -0.39 is 0 Å². The number of hydrogen-bond donors (Lipinski definition) is 1. The van der Waals surface area contributed by atoms with E-state index >= 15 is 0 Å². The van der Waals surface area contributed by atoms with Crippen molar-refractivity contribution in [2.45, 2.75) is 38.7 Å². The van der Waals surface area contributed by atoms with Gasteiger partial charge in [-0.3, -0.25) is 0 Å². The summed E-state index contributed by atoms with van der Waals surface area (Å²) in [6.45, 7) is 2.28. The van der Waals surface area contributed by atoms with Crippen LogP contribution in [0.25, 0.3) is 0 Å². The molecule has 0 radical (unpaired) electrons. The fourth-order valence-corrected chi connectivity index (χ4v) is 2.17. The molecule has 1 aliphatic rings. The molecule has 3 heteroatoms. The zero-order valence-electron chi connectivity index (χ0n) is 9.15. The van der Waals surface area contributed by atoms with Crippen molar-refractivity contribution < 1.29 is 4.74 Å². The monoisotopic (exact) mass is 206 g/mol. The zero-order valence-corrected chi connectivity index (χ0v) is 9.15. The zero-order chi connectivity index (χ0) is 10.7. The van der Waals surface area contributed by atoms with Gasteiger partial charge in [0.15, 0.2) is 11.6 Å². The van der Waals surface area contributed by atoms with Gasteiger partial charge in [0.25, 0.3) is 0 Å². The minimum atomic E-state index is 0.320. The van der Waals surface area contributed by atoms with Crippen molar-refractivity contribution in [1.29, 1.82) is 0 Å². The first-order valence-corrected chi connectivity index (χ1v) is 5.63. The summed E-state index contributed by atoms with van der Waals surface area (Å²) in [7, 11) is 0. The summed E-state index contributed by atoms with van der Waals surface area (Å²) >= 11 is 0. The van der Waals surface area contributed by atoms with E-state index in [-0.39, 0.29) is 0 Å². The molecule has 2 rings (SSSR count). The van der Waals surface area contributed by atoms with Crippen LogP contribution in [0.4, 0.5) is 5.82 Å². The molecule has 0 aliphatic heterocycles. The molecular formula is C12H18N2O. The Morgan fingerprint density at radius 3 is 3.07 bits per heavy atom. The van der Waals surface area contributed by atoms with E-state index in [1.165, 1.54) is 12.8 Å². The number of anilines is 1. The lowest BCUT2D eigenvalue weighted by Gasteiger charge is -2.27. The van der Waals surface area contributed by atoms with Gasteiger partial charge in [-0.25, -0.2) is 4.98 Å². The Morgan fingerprint density at radius 2 is 2.33 bits per heavy atom. The molecule has 1 aromatic heterocycles. The Morgan fingerprint density at radius 1 is 1.47 bits per heavy atom. The van der Waals surface area contributed by atoms with Crippen LogP contribution in [0.1, 0.15) is 32.6 Å². The largest absolute Gasteiger partial charge is 0.487 e. The van der Waals surface area contributed by atoms with E-state index in [1.54, 1.807) is 6.20 Å². The van der Waals surface area contributed by atoms with Crippen LogP contribution in [0.15, 0.2) is 18.3 Å². The second kappa shape index (κ2) is 4.51. The van der Waals surface area contributed by atoms with Crippen LogP contribution in [0.5, 0.6) is 5.75 Å². The molecule has 2 atom stereocenters. The molecule has 82 valence electrons. The fraction of sp³-hybridized carbons (Fsp3) is 0.583. The number of hydrogen-bond acceptors (Lipinski definition) is 3. The Hall–Kier alpha value is -1.25. The van der Waals surface area contributed by atoms with Crippen LogP contribution >= 0.6 is 0 Å². The van der Waals surface area contributed by atoms with Crippen LogP contribution in [-0.2, 0) is 0 Å². The molecule has 2 unspecified atom stereocenters. The highest BCUT2D eigenvalue weighted by atomic mass is 16.5. The van der Waals surface area contributed by atoms with Crippen molar-refractivity contribution in [2.24, 2.45) is 5.92 Å². The lowest BCUT2D eigenvalue weighted by Crippen LogP contribution is -2.24. The van der Waals surface area contributed by atoms with Gasteiger partial charge in [-0.2, -0.15) is 0 Å². The van der Waals surface area contributed by atoms with E-state index in [4.69, 9.17) is 10.5 Å². The van der Waals surface area contributed by atoms with Gasteiger partial charge in [0.05, 0.1) is 6.10 Å². The van der Waals surface area contributed by atoms with Gasteiger partial charge in [0.2, 0.25) is 0 Å². The maximum Gasteiger partial charge on any atom is 0.166 e. The standard InChI is InChI=1S/C12H18N2O/c1-9-4-2-5-10(8-9)15-11-6-3-7-14-12(11)13/h3,6-7,9-10H,2,4-5,8H2,1H3,(H2,13,14). The molecule has 1 saturated carbocycles. The number of pyridine rings is 1. The van der Waals surface area contributed by atoms with Crippen molar-refractivity contribution >= 4 is 5.82 Å². The highest BCUT2D eigenvalue weighted by molar-refractivity contribution is 5.44. The minimum Gasteiger partial charge on any atom is -0.487 e. The number of rotatable bonds is 2. The molecule has 1 aromatic rings. The van der Waals surface area contributed by atoms with Gasteiger partial charge in [-0.1, -0.05) is 13.3 Å². The summed E-state index contributed by atoms with van der Waals surface area (Å²) in [5, 5.41) is 0. The van der Waals surface area contributed by atoms with E-state index in [2.05, 4.69) is 11.9 Å². The molecule has 0 aromatic carbocycles. The van der Waals surface area contributed by atoms with Gasteiger partial charge >= 0.3 is 0 Å². The number of nitrogens with zero attached hydrogens (tertiary/aromatic N) is 1. The van der Waals surface area contributed by atoms with E-state index in [0.717, 1.165) is 24.5 Å². The molecule has 2 N–H and O–H groups in total. The van der Waals surface area contributed by atoms with Crippen LogP contribution in [0.3, 0.4) is 0 Å². The second-order valence-electron chi connectivity index (χ2n) is 4.40. The van der Waals surface area contributed by atoms with E-state index in [1.807, 2.05) is 12.1 Å². The first-order chi connectivity index (χ1) is 7.25. The summed E-state index contributed by atoms with van der Waals surface area (Å²) in [5.74, 6) is 1.99. The highest BCUT2D eigenvalue weighted by Crippen LogP contribution is 2.28. The average Bonchev–Trinajstić information content (AvgIpc) is 2.22. The molecule has 15 heavy (non-hydrogen) atoms. The van der Waals surface area contributed by atoms with Crippen molar-refractivity contribution in [1.82, 2.24) is 4.98 Å². The predicted molar refractivity (Wildman–Crippen MR) is 60.7 cm³/mol. The number of nitrogen functional groups attached to an aromatic ring is 1. The molecule has 0 spiro atoms. The van der Waals surface area contributed by atoms with E-state index in [9.17, 15) is 0 Å². The molecule has 0 bridgehead atoms. The van der Waals surface area contributed by atoms with E-state index in [0.29, 0.717) is 11.9 Å². The quantitative estimate of drug-likeness (QED) is 0.809. The summed E-state index contributed by atoms with van der Waals surface area (Å²) in [4.78, 5) is 4.02. The maximum absolute atomic E-state index is 5.87. The molecule has 1 heterocycles. The smallest absolute Gasteiger partial charge is 0.166 e. The predicted octanol–water partition coefficient (Wildman–Crippen LogP) is 2.62. The van der Waals surface area contributed by atoms with Crippen molar-refractivity contribution in [3.8, 4) is 5.75 Å². The Bertz CT molecular complexity index is 327. The van der Waals surface area contributed by atoms with Crippen LogP contribution in [0, 0.1) is 5.92 Å². The summed E-state index contributed by atoms with van der Waals surface area (Å²) in [6, 6.07) is 3.75. The SMILES string of the molecule is CC1CCCC(Oc2cccnc2N)C1. The highest BCUT2D eigenvalue weighted by Gasteiger charge is 2.20. The first kappa shape index (κ1) is 10.3. The topological polar surface area (TPSA) is 48.1 Å². The maximum atomic E-state index is 5.87. The molecule has 1 fully saturated rings. The lowest BCUT2D eigenvalue weighted by atomic mass is 9.89. The summed E-state index contributed by atoms with van der Waals surface area (Å²) < 4.78 is 5.87. The average molecular weight is 206 g/mol. The van der Waals surface area contributed by atoms with Gasteiger partial charge in [-0.15, -0.1) is 0 Å². The minimum absolute atomic E-state index is 0.320. The third-order valence-electron chi connectivity index (χ3n) is 2.98. The second-order valence-corrected chi connectivity index (χ2v) is 4.40. The fourth-order valence-electron chi connectivity index (χ4n) is 2.17. The van der Waals surface area contributed by atoms with Gasteiger partial charge < -0.3 is 10.5 Å². The first-order valence-electron chi connectivity index (χ1n) is 5.63. The molecule has 0 amide bonds. The Labute approximate surface area is 90.7 Å². The molecule has 1 aliphatic carbocycles. The van der Waals surface area contributed by atoms with Crippen LogP contribution in [0.2, 0.25) is 0 Å². The summed E-state index contributed by atoms with van der Waals surface area (Å²) in [5.41, 5.74) is 5.74. The Balaban J connectivity index is 1.99. The molecule has 3 nitrogen and oxygen atoms in total. The van der Waals surface area contributed by atoms with Crippen LogP contribution < -0.4 is 10.5 Å². The Kier molecular flexibility index (Phi) is 3.09. The third-order valence-corrected chi connectivity index (χ3v) is 2.98. The van der Waals surface area contributed by atoms with Gasteiger partial charge in [0, 0.05) is 6.20 Å². The number of ether oxygens (including phenoxy) is 1. The van der Waals surface area contributed by atoms with Crippen molar-refractivity contribution in [3.05, 3.63) is 18.3 Å². The summed E-state index contributed by atoms with van der Waals surface area (Å²) in [6.07, 6.45) is 6.85. The molecular weight excluding hydrogens is 188 g/mol. The van der Waals surface area contributed by atoms with Gasteiger partial charge in [-0.05, 0) is 37.3 Å². The molecule has 0 saturated heterocycles. The normalized spacial score (nSPS) is 26.2. The van der Waals surface area contributed by atoms with Crippen molar-refractivity contribution in [3.63, 3.8) is 0 Å². The van der Waals surface area contributed by atoms with Gasteiger partial charge in [0.1, 0.15) is 0 Å². The third kappa shape index (κ3) is 2.61. The number of nitrogens with two attached hydrogens (primary N) is 1.